The Bertz CT molecular complexity index is 596. The molecule has 2 aliphatic rings. The number of nitrogens with one attached hydrogen (secondary N) is 1. The Kier molecular flexibility index (Phi) is 6.35. The summed E-state index contributed by atoms with van der Waals surface area (Å²) in [4.78, 5) is 26.1. The van der Waals surface area contributed by atoms with Crippen molar-refractivity contribution in [1.29, 1.82) is 0 Å². The van der Waals surface area contributed by atoms with Gasteiger partial charge in [-0.05, 0) is 36.6 Å². The maximum Gasteiger partial charge on any atom is 0.227 e. The van der Waals surface area contributed by atoms with Crippen LogP contribution in [0.4, 0.5) is 5.69 Å². The van der Waals surface area contributed by atoms with Gasteiger partial charge in [0.25, 0.3) is 0 Å². The second kappa shape index (κ2) is 8.70. The molecular formula is C20H27ClN2O2. The van der Waals surface area contributed by atoms with E-state index in [4.69, 9.17) is 11.6 Å². The largest absolute Gasteiger partial charge is 0.356 e. The number of rotatable bonds is 6. The lowest BCUT2D eigenvalue weighted by molar-refractivity contribution is -0.122. The van der Waals surface area contributed by atoms with E-state index in [1.165, 1.54) is 32.1 Å². The highest BCUT2D eigenvalue weighted by Crippen LogP contribution is 2.28. The second-order valence-electron chi connectivity index (χ2n) is 7.40. The molecule has 136 valence electrons. The van der Waals surface area contributed by atoms with Gasteiger partial charge in [0, 0.05) is 42.6 Å². The summed E-state index contributed by atoms with van der Waals surface area (Å²) in [6, 6.07) is 7.33. The van der Waals surface area contributed by atoms with Crippen molar-refractivity contribution < 1.29 is 9.59 Å². The summed E-state index contributed by atoms with van der Waals surface area (Å²) in [5.74, 6) is 1.15. The first-order chi connectivity index (χ1) is 12.1. The minimum absolute atomic E-state index is 0.115. The Labute approximate surface area is 154 Å². The van der Waals surface area contributed by atoms with Gasteiger partial charge >= 0.3 is 0 Å². The number of hydrogen-bond donors (Lipinski definition) is 1. The Balaban J connectivity index is 1.40. The highest BCUT2D eigenvalue weighted by atomic mass is 35.5. The number of anilines is 1. The summed E-state index contributed by atoms with van der Waals surface area (Å²) in [5, 5.41) is 3.69. The van der Waals surface area contributed by atoms with Crippen molar-refractivity contribution in [2.24, 2.45) is 11.8 Å². The van der Waals surface area contributed by atoms with Crippen LogP contribution in [0.5, 0.6) is 0 Å². The van der Waals surface area contributed by atoms with Crippen LogP contribution in [0.15, 0.2) is 24.3 Å². The maximum absolute atomic E-state index is 12.2. The molecule has 1 aliphatic carbocycles. The maximum atomic E-state index is 12.2. The lowest BCUT2D eigenvalue weighted by Crippen LogP contribution is -2.31. The van der Waals surface area contributed by atoms with Gasteiger partial charge in [-0.1, -0.05) is 43.7 Å². The van der Waals surface area contributed by atoms with Gasteiger partial charge in [-0.25, -0.2) is 0 Å². The molecular weight excluding hydrogens is 336 g/mol. The molecule has 0 aromatic heterocycles. The van der Waals surface area contributed by atoms with Gasteiger partial charge in [-0.2, -0.15) is 0 Å². The topological polar surface area (TPSA) is 49.4 Å². The van der Waals surface area contributed by atoms with Gasteiger partial charge in [0.1, 0.15) is 0 Å². The number of amides is 2. The number of nitrogens with zero attached hydrogens (tertiary/aromatic N) is 1. The van der Waals surface area contributed by atoms with Gasteiger partial charge in [0.05, 0.1) is 0 Å². The van der Waals surface area contributed by atoms with Crippen molar-refractivity contribution >= 4 is 29.1 Å². The molecule has 1 heterocycles. The van der Waals surface area contributed by atoms with Crippen LogP contribution in [-0.4, -0.2) is 24.9 Å². The molecule has 5 heteroatoms. The van der Waals surface area contributed by atoms with Crippen LogP contribution < -0.4 is 10.2 Å². The molecule has 25 heavy (non-hydrogen) atoms. The zero-order chi connectivity index (χ0) is 17.6. The predicted molar refractivity (Wildman–Crippen MR) is 101 cm³/mol. The van der Waals surface area contributed by atoms with E-state index in [1.807, 2.05) is 12.1 Å². The second-order valence-corrected chi connectivity index (χ2v) is 7.83. The Morgan fingerprint density at radius 2 is 1.84 bits per heavy atom. The minimum atomic E-state index is 0.115. The van der Waals surface area contributed by atoms with Crippen molar-refractivity contribution in [2.75, 3.05) is 18.0 Å². The molecule has 0 radical (unpaired) electrons. The normalized spacial score (nSPS) is 21.6. The molecule has 1 saturated heterocycles. The third-order valence-electron chi connectivity index (χ3n) is 5.44. The first-order valence-electron chi connectivity index (χ1n) is 9.44. The van der Waals surface area contributed by atoms with Crippen LogP contribution in [0.1, 0.15) is 51.4 Å². The molecule has 1 aromatic carbocycles. The fourth-order valence-corrected chi connectivity index (χ4v) is 4.07. The van der Waals surface area contributed by atoms with Gasteiger partial charge in [-0.15, -0.1) is 0 Å². The highest BCUT2D eigenvalue weighted by Gasteiger charge is 2.30. The van der Waals surface area contributed by atoms with Crippen LogP contribution >= 0.6 is 11.6 Å². The van der Waals surface area contributed by atoms with E-state index in [2.05, 4.69) is 5.32 Å². The summed E-state index contributed by atoms with van der Waals surface area (Å²) in [6.07, 6.45) is 8.65. The standard InChI is InChI=1S/C20H27ClN2O2/c21-17-7-9-18(10-8-17)23-14-16(12-20(23)25)13-22-19(24)11-6-15-4-2-1-3-5-15/h7-10,15-16H,1-6,11-14H2,(H,22,24). The van der Waals surface area contributed by atoms with E-state index in [0.717, 1.165) is 18.0 Å². The van der Waals surface area contributed by atoms with Crippen LogP contribution in [0.25, 0.3) is 0 Å². The van der Waals surface area contributed by atoms with E-state index in [-0.39, 0.29) is 17.7 Å². The third kappa shape index (κ3) is 5.21. The number of carbonyl (C=O) groups is 2. The molecule has 1 aromatic rings. The molecule has 2 fully saturated rings. The van der Waals surface area contributed by atoms with Gasteiger partial charge in [0.15, 0.2) is 0 Å². The SMILES string of the molecule is O=C(CCC1CCCCC1)NCC1CC(=O)N(c2ccc(Cl)cc2)C1. The lowest BCUT2D eigenvalue weighted by Gasteiger charge is -2.21. The quantitative estimate of drug-likeness (QED) is 0.825. The Hall–Kier alpha value is -1.55. The van der Waals surface area contributed by atoms with Crippen LogP contribution in [0.3, 0.4) is 0 Å². The molecule has 1 aliphatic heterocycles. The van der Waals surface area contributed by atoms with Crippen molar-refractivity contribution in [3.63, 3.8) is 0 Å². The molecule has 1 unspecified atom stereocenters. The zero-order valence-corrected chi connectivity index (χ0v) is 15.4. The van der Waals surface area contributed by atoms with E-state index >= 15 is 0 Å². The molecule has 1 saturated carbocycles. The molecule has 1 N–H and O–H groups in total. The summed E-state index contributed by atoms with van der Waals surface area (Å²) in [5.41, 5.74) is 0.875. The van der Waals surface area contributed by atoms with E-state index in [9.17, 15) is 9.59 Å². The molecule has 1 atom stereocenters. The average molecular weight is 363 g/mol. The van der Waals surface area contributed by atoms with Crippen LogP contribution in [0, 0.1) is 11.8 Å². The smallest absolute Gasteiger partial charge is 0.227 e. The van der Waals surface area contributed by atoms with Gasteiger partial charge in [0.2, 0.25) is 11.8 Å². The lowest BCUT2D eigenvalue weighted by atomic mass is 9.86. The zero-order valence-electron chi connectivity index (χ0n) is 14.7. The predicted octanol–water partition coefficient (Wildman–Crippen LogP) is 4.17. The van der Waals surface area contributed by atoms with E-state index in [1.54, 1.807) is 17.0 Å². The monoisotopic (exact) mass is 362 g/mol. The number of hydrogen-bond acceptors (Lipinski definition) is 2. The van der Waals surface area contributed by atoms with E-state index < -0.39 is 0 Å². The van der Waals surface area contributed by atoms with Crippen molar-refractivity contribution in [3.05, 3.63) is 29.3 Å². The Morgan fingerprint density at radius 3 is 2.56 bits per heavy atom. The molecule has 0 spiro atoms. The van der Waals surface area contributed by atoms with Crippen molar-refractivity contribution in [2.45, 2.75) is 51.4 Å². The van der Waals surface area contributed by atoms with Gasteiger partial charge < -0.3 is 10.2 Å². The number of carbonyl (C=O) groups excluding carboxylic acids is 2. The summed E-state index contributed by atoms with van der Waals surface area (Å²) < 4.78 is 0. The third-order valence-corrected chi connectivity index (χ3v) is 5.69. The molecule has 3 rings (SSSR count). The molecule has 4 nitrogen and oxygen atoms in total. The van der Waals surface area contributed by atoms with Gasteiger partial charge in [-0.3, -0.25) is 9.59 Å². The highest BCUT2D eigenvalue weighted by molar-refractivity contribution is 6.30. The summed E-state index contributed by atoms with van der Waals surface area (Å²) in [6.45, 7) is 1.24. The fourth-order valence-electron chi connectivity index (χ4n) is 3.95. The minimum Gasteiger partial charge on any atom is -0.356 e. The van der Waals surface area contributed by atoms with E-state index in [0.29, 0.717) is 31.0 Å². The number of benzene rings is 1. The average Bonchev–Trinajstić information content (AvgIpc) is 3.00. The summed E-state index contributed by atoms with van der Waals surface area (Å²) >= 11 is 5.90. The Morgan fingerprint density at radius 1 is 1.12 bits per heavy atom. The van der Waals surface area contributed by atoms with Crippen molar-refractivity contribution in [3.8, 4) is 0 Å². The van der Waals surface area contributed by atoms with Crippen molar-refractivity contribution in [1.82, 2.24) is 5.32 Å². The molecule has 2 amide bonds. The first kappa shape index (κ1) is 18.2. The van der Waals surface area contributed by atoms with Crippen LogP contribution in [-0.2, 0) is 9.59 Å². The molecule has 0 bridgehead atoms. The summed E-state index contributed by atoms with van der Waals surface area (Å²) in [7, 11) is 0. The first-order valence-corrected chi connectivity index (χ1v) is 9.82. The van der Waals surface area contributed by atoms with Crippen LogP contribution in [0.2, 0.25) is 5.02 Å². The fraction of sp³-hybridized carbons (Fsp3) is 0.600. The number of halogens is 1.